The van der Waals surface area contributed by atoms with E-state index in [1.807, 2.05) is 25.3 Å². The number of hydrogen-bond acceptors (Lipinski definition) is 5. The number of aromatic nitrogens is 1. The minimum absolute atomic E-state index is 0.276. The predicted octanol–water partition coefficient (Wildman–Crippen LogP) is 2.78. The smallest absolute Gasteiger partial charge is 0.410 e. The Morgan fingerprint density at radius 1 is 1.12 bits per heavy atom. The van der Waals surface area contributed by atoms with Gasteiger partial charge in [-0.3, -0.25) is 9.59 Å². The maximum Gasteiger partial charge on any atom is 0.410 e. The first kappa shape index (κ1) is 16.6. The molecule has 7 nitrogen and oxygen atoms in total. The number of fused-ring (bicyclic) bond motifs is 2. The van der Waals surface area contributed by atoms with Crippen molar-refractivity contribution in [3.63, 3.8) is 0 Å². The van der Waals surface area contributed by atoms with Crippen molar-refractivity contribution in [3.8, 4) is 5.75 Å². The first-order valence-electron chi connectivity index (χ1n) is 8.52. The highest BCUT2D eigenvalue weighted by atomic mass is 16.6. The Morgan fingerprint density at radius 2 is 1.85 bits per heavy atom. The monoisotopic (exact) mass is 356 g/mol. The van der Waals surface area contributed by atoms with Gasteiger partial charge in [-0.25, -0.2) is 4.79 Å². The number of methoxy groups -OCH3 is 1. The SMILES string of the molecule is COc1c2n3c4c(ccc(c14)C(=O)C2=O)CN(C(=O)OC(C)(C)C)CC3. The Morgan fingerprint density at radius 3 is 2.50 bits per heavy atom. The molecule has 2 aliphatic rings. The molecule has 1 amide bonds. The van der Waals surface area contributed by atoms with Gasteiger partial charge in [0.05, 0.1) is 24.6 Å². The van der Waals surface area contributed by atoms with Crippen LogP contribution in [0.3, 0.4) is 0 Å². The zero-order valence-electron chi connectivity index (χ0n) is 15.2. The van der Waals surface area contributed by atoms with Crippen molar-refractivity contribution in [2.45, 2.75) is 39.5 Å². The lowest BCUT2D eigenvalue weighted by molar-refractivity contribution is 0.0232. The van der Waals surface area contributed by atoms with Gasteiger partial charge >= 0.3 is 6.09 Å². The van der Waals surface area contributed by atoms with Crippen molar-refractivity contribution >= 4 is 28.6 Å². The van der Waals surface area contributed by atoms with Gasteiger partial charge < -0.3 is 18.9 Å². The Hall–Kier alpha value is -2.83. The third-order valence-electron chi connectivity index (χ3n) is 4.72. The summed E-state index contributed by atoms with van der Waals surface area (Å²) in [6.07, 6.45) is -0.395. The summed E-state index contributed by atoms with van der Waals surface area (Å²) in [5.74, 6) is -0.616. The summed E-state index contributed by atoms with van der Waals surface area (Å²) >= 11 is 0. The van der Waals surface area contributed by atoms with Crippen LogP contribution in [0.15, 0.2) is 12.1 Å². The molecule has 26 heavy (non-hydrogen) atoms. The van der Waals surface area contributed by atoms with Gasteiger partial charge in [-0.1, -0.05) is 6.07 Å². The normalized spacial score (nSPS) is 16.2. The summed E-state index contributed by atoms with van der Waals surface area (Å²) < 4.78 is 12.8. The van der Waals surface area contributed by atoms with E-state index in [4.69, 9.17) is 9.47 Å². The molecule has 0 atom stereocenters. The van der Waals surface area contributed by atoms with Gasteiger partial charge in [-0.05, 0) is 32.4 Å². The maximum atomic E-state index is 12.6. The summed E-state index contributed by atoms with van der Waals surface area (Å²) in [5, 5.41) is 0.663. The van der Waals surface area contributed by atoms with Crippen LogP contribution < -0.4 is 4.74 Å². The van der Waals surface area contributed by atoms with Crippen molar-refractivity contribution < 1.29 is 23.9 Å². The molecule has 0 fully saturated rings. The van der Waals surface area contributed by atoms with Crippen LogP contribution >= 0.6 is 0 Å². The fourth-order valence-corrected chi connectivity index (χ4v) is 3.71. The summed E-state index contributed by atoms with van der Waals surface area (Å²) in [4.78, 5) is 39.1. The van der Waals surface area contributed by atoms with Crippen LogP contribution in [-0.4, -0.2) is 46.4 Å². The van der Waals surface area contributed by atoms with Crippen molar-refractivity contribution in [2.75, 3.05) is 13.7 Å². The molecular formula is C19H20N2O5. The van der Waals surface area contributed by atoms with E-state index in [1.54, 1.807) is 17.0 Å². The second-order valence-electron chi connectivity index (χ2n) is 7.59. The van der Waals surface area contributed by atoms with E-state index in [0.29, 0.717) is 36.3 Å². The van der Waals surface area contributed by atoms with E-state index in [1.165, 1.54) is 7.11 Å². The number of ether oxygens (including phenoxy) is 2. The summed E-state index contributed by atoms with van der Waals surface area (Å²) in [6, 6.07) is 3.45. The van der Waals surface area contributed by atoms with E-state index >= 15 is 0 Å². The molecule has 0 spiro atoms. The number of benzene rings is 1. The second kappa shape index (κ2) is 5.33. The minimum atomic E-state index is -0.583. The van der Waals surface area contributed by atoms with Gasteiger partial charge in [0.25, 0.3) is 5.78 Å². The number of ketones is 2. The number of nitrogens with zero attached hydrogens (tertiary/aromatic N) is 2. The molecule has 2 aromatic rings. The van der Waals surface area contributed by atoms with E-state index in [0.717, 1.165) is 11.1 Å². The van der Waals surface area contributed by atoms with E-state index in [-0.39, 0.29) is 5.69 Å². The second-order valence-corrected chi connectivity index (χ2v) is 7.59. The molecule has 7 heteroatoms. The molecule has 4 rings (SSSR count). The van der Waals surface area contributed by atoms with Crippen LogP contribution in [0, 0.1) is 0 Å². The van der Waals surface area contributed by atoms with Crippen LogP contribution in [0.4, 0.5) is 4.79 Å². The van der Waals surface area contributed by atoms with Crippen molar-refractivity contribution in [1.29, 1.82) is 0 Å². The molecule has 0 N–H and O–H groups in total. The topological polar surface area (TPSA) is 77.8 Å². The molecular weight excluding hydrogens is 336 g/mol. The molecule has 1 aliphatic heterocycles. The predicted molar refractivity (Wildman–Crippen MR) is 93.8 cm³/mol. The molecule has 0 radical (unpaired) electrons. The Balaban J connectivity index is 1.85. The van der Waals surface area contributed by atoms with Crippen LogP contribution in [0.1, 0.15) is 47.2 Å². The van der Waals surface area contributed by atoms with Crippen LogP contribution in [-0.2, 0) is 17.8 Å². The average Bonchev–Trinajstić information content (AvgIpc) is 2.72. The third kappa shape index (κ3) is 2.23. The van der Waals surface area contributed by atoms with E-state index < -0.39 is 23.3 Å². The quantitative estimate of drug-likeness (QED) is 0.734. The highest BCUT2D eigenvalue weighted by Crippen LogP contribution is 2.43. The molecule has 2 heterocycles. The number of hydrogen-bond donors (Lipinski definition) is 0. The van der Waals surface area contributed by atoms with Gasteiger partial charge in [0, 0.05) is 18.7 Å². The van der Waals surface area contributed by atoms with E-state index in [2.05, 4.69) is 0 Å². The molecule has 1 aromatic heterocycles. The molecule has 2 bridgehead atoms. The van der Waals surface area contributed by atoms with Crippen molar-refractivity contribution in [1.82, 2.24) is 9.47 Å². The summed E-state index contributed by atoms with van der Waals surface area (Å²) in [6.45, 7) is 6.59. The fraction of sp³-hybridized carbons (Fsp3) is 0.421. The number of rotatable bonds is 1. The van der Waals surface area contributed by atoms with Gasteiger partial charge in [-0.2, -0.15) is 0 Å². The third-order valence-corrected chi connectivity index (χ3v) is 4.72. The van der Waals surface area contributed by atoms with Crippen LogP contribution in [0.25, 0.3) is 10.9 Å². The van der Waals surface area contributed by atoms with Crippen LogP contribution in [0.5, 0.6) is 5.75 Å². The first-order chi connectivity index (χ1) is 12.2. The average molecular weight is 356 g/mol. The highest BCUT2D eigenvalue weighted by Gasteiger charge is 2.39. The molecule has 0 saturated heterocycles. The maximum absolute atomic E-state index is 12.6. The molecule has 1 aliphatic carbocycles. The largest absolute Gasteiger partial charge is 0.494 e. The fourth-order valence-electron chi connectivity index (χ4n) is 3.71. The number of amides is 1. The zero-order chi connectivity index (χ0) is 18.8. The Bertz CT molecular complexity index is 980. The first-order valence-corrected chi connectivity index (χ1v) is 8.52. The van der Waals surface area contributed by atoms with Gasteiger partial charge in [-0.15, -0.1) is 0 Å². The molecule has 136 valence electrons. The number of Topliss-reactive ketones (excluding diaryl/α,β-unsaturated/α-hetero) is 2. The lowest BCUT2D eigenvalue weighted by Gasteiger charge is -2.26. The van der Waals surface area contributed by atoms with Gasteiger partial charge in [0.2, 0.25) is 5.78 Å². The van der Waals surface area contributed by atoms with Crippen molar-refractivity contribution in [2.24, 2.45) is 0 Å². The van der Waals surface area contributed by atoms with Gasteiger partial charge in [0.1, 0.15) is 11.3 Å². The summed E-state index contributed by atoms with van der Waals surface area (Å²) in [7, 11) is 1.50. The van der Waals surface area contributed by atoms with Crippen molar-refractivity contribution in [3.05, 3.63) is 29.0 Å². The zero-order valence-corrected chi connectivity index (χ0v) is 15.2. The molecule has 0 unspecified atom stereocenters. The number of carbonyl (C=O) groups is 3. The number of carbonyl (C=O) groups excluding carboxylic acids is 3. The molecule has 1 aromatic carbocycles. The Kier molecular flexibility index (Phi) is 3.41. The molecule has 0 saturated carbocycles. The van der Waals surface area contributed by atoms with Crippen LogP contribution in [0.2, 0.25) is 0 Å². The lowest BCUT2D eigenvalue weighted by atomic mass is 9.94. The Labute approximate surface area is 150 Å². The highest BCUT2D eigenvalue weighted by molar-refractivity contribution is 6.54. The van der Waals surface area contributed by atoms with Gasteiger partial charge in [0.15, 0.2) is 5.75 Å². The van der Waals surface area contributed by atoms with E-state index in [9.17, 15) is 14.4 Å². The summed E-state index contributed by atoms with van der Waals surface area (Å²) in [5.41, 5.74) is 1.71. The standard InChI is InChI=1S/C19H20N2O5/c1-19(2,3)26-18(24)20-7-8-21-13-10(9-20)5-6-11-12(13)17(25-4)14(21)16(23)15(11)22/h5-6H,7-9H2,1-4H3. The lowest BCUT2D eigenvalue weighted by Crippen LogP contribution is -2.37. The minimum Gasteiger partial charge on any atom is -0.494 e.